The maximum Gasteiger partial charge on any atom is 0.0385 e. The number of nitrogens with zero attached hydrogens (tertiary/aromatic N) is 1. The average Bonchev–Trinajstić information content (AvgIpc) is 2.33. The molecule has 0 aliphatic rings. The largest absolute Gasteiger partial charge is 0.378 e. The summed E-state index contributed by atoms with van der Waals surface area (Å²) < 4.78 is 1.25. The van der Waals surface area contributed by atoms with Crippen molar-refractivity contribution in [3.05, 3.63) is 52.1 Å². The van der Waals surface area contributed by atoms with Crippen molar-refractivity contribution in [1.82, 2.24) is 0 Å². The van der Waals surface area contributed by atoms with Crippen molar-refractivity contribution in [3.8, 4) is 0 Å². The fourth-order valence-corrected chi connectivity index (χ4v) is 1.90. The van der Waals surface area contributed by atoms with Crippen LogP contribution >= 0.6 is 22.6 Å². The number of halogens is 1. The fourth-order valence-electron chi connectivity index (χ4n) is 1.54. The van der Waals surface area contributed by atoms with Gasteiger partial charge in [0, 0.05) is 34.7 Å². The van der Waals surface area contributed by atoms with E-state index in [9.17, 15) is 0 Å². The first-order valence-electron chi connectivity index (χ1n) is 5.45. The molecule has 0 aliphatic carbocycles. The Morgan fingerprint density at radius 2 is 1.29 bits per heavy atom. The van der Waals surface area contributed by atoms with Crippen LogP contribution in [0.2, 0.25) is 0 Å². The van der Waals surface area contributed by atoms with Crippen LogP contribution in [0.3, 0.4) is 0 Å². The lowest BCUT2D eigenvalue weighted by Gasteiger charge is -2.13. The Labute approximate surface area is 116 Å². The molecule has 0 amide bonds. The Morgan fingerprint density at radius 1 is 0.824 bits per heavy atom. The summed E-state index contributed by atoms with van der Waals surface area (Å²) in [6.45, 7) is 0. The Kier molecular flexibility index (Phi) is 3.89. The molecule has 0 radical (unpaired) electrons. The van der Waals surface area contributed by atoms with Crippen LogP contribution in [-0.2, 0) is 0 Å². The lowest BCUT2D eigenvalue weighted by atomic mass is 10.2. The molecule has 0 spiro atoms. The van der Waals surface area contributed by atoms with Crippen LogP contribution in [-0.4, -0.2) is 14.1 Å². The molecule has 0 heterocycles. The van der Waals surface area contributed by atoms with Crippen molar-refractivity contribution in [2.24, 2.45) is 0 Å². The highest BCUT2D eigenvalue weighted by Crippen LogP contribution is 2.20. The number of rotatable bonds is 3. The summed E-state index contributed by atoms with van der Waals surface area (Å²) in [5.74, 6) is 0. The van der Waals surface area contributed by atoms with Gasteiger partial charge in [-0.2, -0.15) is 0 Å². The Hall–Kier alpha value is -1.23. The van der Waals surface area contributed by atoms with Gasteiger partial charge < -0.3 is 10.2 Å². The topological polar surface area (TPSA) is 15.3 Å². The van der Waals surface area contributed by atoms with E-state index in [-0.39, 0.29) is 0 Å². The molecule has 2 aromatic carbocycles. The monoisotopic (exact) mass is 338 g/mol. The first kappa shape index (κ1) is 12.2. The van der Waals surface area contributed by atoms with E-state index in [1.165, 1.54) is 9.26 Å². The number of anilines is 3. The second kappa shape index (κ2) is 5.40. The highest BCUT2D eigenvalue weighted by Gasteiger charge is 1.97. The fraction of sp³-hybridized carbons (Fsp3) is 0.143. The summed E-state index contributed by atoms with van der Waals surface area (Å²) in [7, 11) is 4.09. The van der Waals surface area contributed by atoms with Crippen molar-refractivity contribution >= 4 is 39.7 Å². The molecule has 0 aliphatic heterocycles. The number of benzene rings is 2. The zero-order valence-electron chi connectivity index (χ0n) is 9.94. The maximum absolute atomic E-state index is 3.38. The molecule has 0 aromatic heterocycles. The number of hydrogen-bond acceptors (Lipinski definition) is 2. The van der Waals surface area contributed by atoms with Gasteiger partial charge in [-0.15, -0.1) is 0 Å². The van der Waals surface area contributed by atoms with E-state index in [2.05, 4.69) is 81.3 Å². The third kappa shape index (κ3) is 3.36. The molecule has 0 saturated carbocycles. The van der Waals surface area contributed by atoms with E-state index in [4.69, 9.17) is 0 Å². The van der Waals surface area contributed by atoms with Crippen LogP contribution in [0.4, 0.5) is 17.1 Å². The molecule has 0 atom stereocenters. The van der Waals surface area contributed by atoms with E-state index >= 15 is 0 Å². The normalized spacial score (nSPS) is 10.1. The molecule has 2 rings (SSSR count). The zero-order valence-corrected chi connectivity index (χ0v) is 12.1. The van der Waals surface area contributed by atoms with Gasteiger partial charge in [0.25, 0.3) is 0 Å². The van der Waals surface area contributed by atoms with E-state index in [0.717, 1.165) is 11.4 Å². The lowest BCUT2D eigenvalue weighted by molar-refractivity contribution is 1.13. The molecule has 88 valence electrons. The van der Waals surface area contributed by atoms with Crippen LogP contribution in [0.25, 0.3) is 0 Å². The van der Waals surface area contributed by atoms with Crippen LogP contribution in [0.15, 0.2) is 48.5 Å². The highest BCUT2D eigenvalue weighted by molar-refractivity contribution is 14.1. The average molecular weight is 338 g/mol. The summed E-state index contributed by atoms with van der Waals surface area (Å²) >= 11 is 2.31. The molecular weight excluding hydrogens is 323 g/mol. The molecular formula is C14H15IN2. The summed E-state index contributed by atoms with van der Waals surface area (Å²) in [6, 6.07) is 16.8. The molecule has 17 heavy (non-hydrogen) atoms. The van der Waals surface area contributed by atoms with Crippen LogP contribution in [0.1, 0.15) is 0 Å². The first-order chi connectivity index (χ1) is 8.15. The lowest BCUT2D eigenvalue weighted by Crippen LogP contribution is -2.08. The minimum atomic E-state index is 1.11. The minimum absolute atomic E-state index is 1.11. The molecule has 1 N–H and O–H groups in total. The second-order valence-electron chi connectivity index (χ2n) is 4.07. The Bertz CT molecular complexity index is 475. The third-order valence-electron chi connectivity index (χ3n) is 2.52. The summed E-state index contributed by atoms with van der Waals surface area (Å²) in [5.41, 5.74) is 3.43. The van der Waals surface area contributed by atoms with Crippen molar-refractivity contribution in [1.29, 1.82) is 0 Å². The minimum Gasteiger partial charge on any atom is -0.378 e. The quantitative estimate of drug-likeness (QED) is 0.848. The standard InChI is InChI=1S/C14H15IN2/c1-17(2)14-9-7-13(8-10-14)16-12-5-3-11(15)4-6-12/h3-10,16H,1-2H3. The van der Waals surface area contributed by atoms with Crippen molar-refractivity contribution < 1.29 is 0 Å². The zero-order chi connectivity index (χ0) is 12.3. The number of nitrogens with one attached hydrogen (secondary N) is 1. The molecule has 0 saturated heterocycles. The summed E-state index contributed by atoms with van der Waals surface area (Å²) in [4.78, 5) is 2.09. The predicted octanol–water partition coefficient (Wildman–Crippen LogP) is 4.10. The highest BCUT2D eigenvalue weighted by atomic mass is 127. The number of hydrogen-bond donors (Lipinski definition) is 1. The van der Waals surface area contributed by atoms with Crippen molar-refractivity contribution in [3.63, 3.8) is 0 Å². The molecule has 3 heteroatoms. The van der Waals surface area contributed by atoms with Gasteiger partial charge in [-0.25, -0.2) is 0 Å². The Morgan fingerprint density at radius 3 is 1.76 bits per heavy atom. The van der Waals surface area contributed by atoms with Gasteiger partial charge in [-0.3, -0.25) is 0 Å². The van der Waals surface area contributed by atoms with E-state index in [1.807, 2.05) is 14.1 Å². The third-order valence-corrected chi connectivity index (χ3v) is 3.24. The molecule has 2 aromatic rings. The van der Waals surface area contributed by atoms with E-state index < -0.39 is 0 Å². The van der Waals surface area contributed by atoms with E-state index in [0.29, 0.717) is 0 Å². The van der Waals surface area contributed by atoms with Crippen molar-refractivity contribution in [2.75, 3.05) is 24.3 Å². The molecule has 0 bridgehead atoms. The van der Waals surface area contributed by atoms with Gasteiger partial charge in [0.15, 0.2) is 0 Å². The molecule has 0 fully saturated rings. The summed E-state index contributed by atoms with van der Waals surface area (Å²) in [6.07, 6.45) is 0. The second-order valence-corrected chi connectivity index (χ2v) is 5.32. The van der Waals surface area contributed by atoms with Crippen molar-refractivity contribution in [2.45, 2.75) is 0 Å². The first-order valence-corrected chi connectivity index (χ1v) is 6.53. The van der Waals surface area contributed by atoms with E-state index in [1.54, 1.807) is 0 Å². The van der Waals surface area contributed by atoms with Gasteiger partial charge in [0.05, 0.1) is 0 Å². The van der Waals surface area contributed by atoms with Gasteiger partial charge in [-0.05, 0) is 71.1 Å². The van der Waals surface area contributed by atoms with Gasteiger partial charge in [0.1, 0.15) is 0 Å². The predicted molar refractivity (Wildman–Crippen MR) is 83.2 cm³/mol. The maximum atomic E-state index is 3.38. The summed E-state index contributed by atoms with van der Waals surface area (Å²) in [5, 5.41) is 3.38. The van der Waals surface area contributed by atoms with Crippen LogP contribution < -0.4 is 10.2 Å². The SMILES string of the molecule is CN(C)c1ccc(Nc2ccc(I)cc2)cc1. The Balaban J connectivity index is 2.11. The van der Waals surface area contributed by atoms with Gasteiger partial charge >= 0.3 is 0 Å². The molecule has 2 nitrogen and oxygen atoms in total. The van der Waals surface area contributed by atoms with Gasteiger partial charge in [0.2, 0.25) is 0 Å². The van der Waals surface area contributed by atoms with Gasteiger partial charge in [-0.1, -0.05) is 0 Å². The van der Waals surface area contributed by atoms with Crippen LogP contribution in [0.5, 0.6) is 0 Å². The van der Waals surface area contributed by atoms with Crippen LogP contribution in [0, 0.1) is 3.57 Å². The molecule has 0 unspecified atom stereocenters. The smallest absolute Gasteiger partial charge is 0.0385 e.